The predicted molar refractivity (Wildman–Crippen MR) is 102 cm³/mol. The van der Waals surface area contributed by atoms with E-state index in [4.69, 9.17) is 15.2 Å². The van der Waals surface area contributed by atoms with Crippen LogP contribution in [-0.2, 0) is 4.79 Å². The summed E-state index contributed by atoms with van der Waals surface area (Å²) in [4.78, 5) is 23.7. The van der Waals surface area contributed by atoms with Crippen LogP contribution in [0.1, 0.15) is 15.9 Å². The van der Waals surface area contributed by atoms with E-state index in [9.17, 15) is 9.59 Å². The number of carbonyl (C=O) groups excluding carboxylic acids is 2. The maximum absolute atomic E-state index is 12.2. The van der Waals surface area contributed by atoms with E-state index < -0.39 is 5.91 Å². The molecule has 0 spiro atoms. The lowest BCUT2D eigenvalue weighted by Crippen LogP contribution is -2.22. The van der Waals surface area contributed by atoms with Crippen molar-refractivity contribution in [3.8, 4) is 11.5 Å². The number of amides is 2. The standard InChI is InChI=1S/C17H16Br2N2O4/c1-9-5-12(18)16(13(19)6-9)21-15(22)8-25-14-7-10(24-2)3-4-11(14)17(20)23/h3-7H,8H2,1-2H3,(H2,20,23)(H,21,22). The first-order valence-electron chi connectivity index (χ1n) is 7.18. The van der Waals surface area contributed by atoms with Crippen molar-refractivity contribution < 1.29 is 19.1 Å². The zero-order valence-electron chi connectivity index (χ0n) is 13.6. The number of rotatable bonds is 6. The van der Waals surface area contributed by atoms with E-state index in [1.54, 1.807) is 6.07 Å². The largest absolute Gasteiger partial charge is 0.497 e. The van der Waals surface area contributed by atoms with Crippen LogP contribution in [0.5, 0.6) is 11.5 Å². The summed E-state index contributed by atoms with van der Waals surface area (Å²) < 4.78 is 12.0. The molecule has 0 aliphatic carbocycles. The number of anilines is 1. The fraction of sp³-hybridized carbons (Fsp3) is 0.176. The minimum absolute atomic E-state index is 0.172. The van der Waals surface area contributed by atoms with Crippen molar-refractivity contribution in [2.24, 2.45) is 5.73 Å². The van der Waals surface area contributed by atoms with Crippen molar-refractivity contribution in [1.82, 2.24) is 0 Å². The molecule has 0 fully saturated rings. The van der Waals surface area contributed by atoms with Crippen LogP contribution in [0.4, 0.5) is 5.69 Å². The van der Waals surface area contributed by atoms with Gasteiger partial charge in [0.25, 0.3) is 11.8 Å². The molecule has 6 nitrogen and oxygen atoms in total. The van der Waals surface area contributed by atoms with Crippen LogP contribution >= 0.6 is 31.9 Å². The first-order valence-corrected chi connectivity index (χ1v) is 8.76. The third-order valence-corrected chi connectivity index (χ3v) is 4.51. The van der Waals surface area contributed by atoms with Crippen molar-refractivity contribution in [2.45, 2.75) is 6.92 Å². The Kier molecular flexibility index (Phi) is 6.44. The summed E-state index contributed by atoms with van der Waals surface area (Å²) >= 11 is 6.82. The van der Waals surface area contributed by atoms with Crippen molar-refractivity contribution in [3.05, 3.63) is 50.4 Å². The van der Waals surface area contributed by atoms with Gasteiger partial charge in [-0.3, -0.25) is 9.59 Å². The average Bonchev–Trinajstić information content (AvgIpc) is 2.55. The van der Waals surface area contributed by atoms with Crippen LogP contribution in [0.2, 0.25) is 0 Å². The number of primary amides is 1. The molecular formula is C17H16Br2N2O4. The zero-order chi connectivity index (χ0) is 18.6. The number of ether oxygens (including phenoxy) is 2. The first-order chi connectivity index (χ1) is 11.8. The monoisotopic (exact) mass is 470 g/mol. The summed E-state index contributed by atoms with van der Waals surface area (Å²) in [5.74, 6) is -0.362. The topological polar surface area (TPSA) is 90.7 Å². The fourth-order valence-electron chi connectivity index (χ4n) is 2.09. The number of hydrogen-bond donors (Lipinski definition) is 2. The highest BCUT2D eigenvalue weighted by atomic mass is 79.9. The number of aryl methyl sites for hydroxylation is 1. The van der Waals surface area contributed by atoms with Crippen LogP contribution in [0.3, 0.4) is 0 Å². The van der Waals surface area contributed by atoms with E-state index in [1.807, 2.05) is 19.1 Å². The number of halogens is 2. The summed E-state index contributed by atoms with van der Waals surface area (Å²) in [5, 5.41) is 2.75. The van der Waals surface area contributed by atoms with Gasteiger partial charge in [0.1, 0.15) is 11.5 Å². The summed E-state index contributed by atoms with van der Waals surface area (Å²) in [5.41, 5.74) is 7.12. The molecule has 0 aliphatic heterocycles. The van der Waals surface area contributed by atoms with Crippen molar-refractivity contribution in [2.75, 3.05) is 19.0 Å². The van der Waals surface area contributed by atoms with Crippen LogP contribution in [-0.4, -0.2) is 25.5 Å². The molecule has 0 aromatic heterocycles. The molecule has 0 aliphatic rings. The Morgan fingerprint density at radius 1 is 1.16 bits per heavy atom. The summed E-state index contributed by atoms with van der Waals surface area (Å²) in [6.45, 7) is 1.65. The van der Waals surface area contributed by atoms with Gasteiger partial charge >= 0.3 is 0 Å². The summed E-state index contributed by atoms with van der Waals surface area (Å²) in [6.07, 6.45) is 0. The molecular weight excluding hydrogens is 456 g/mol. The number of methoxy groups -OCH3 is 1. The van der Waals surface area contributed by atoms with Crippen LogP contribution in [0.15, 0.2) is 39.3 Å². The third kappa shape index (κ3) is 4.96. The van der Waals surface area contributed by atoms with Gasteiger partial charge in [-0.05, 0) is 68.6 Å². The molecule has 0 unspecified atom stereocenters. The second kappa shape index (κ2) is 8.35. The molecule has 132 valence electrons. The number of nitrogens with one attached hydrogen (secondary N) is 1. The zero-order valence-corrected chi connectivity index (χ0v) is 16.7. The van der Waals surface area contributed by atoms with E-state index in [2.05, 4.69) is 37.2 Å². The van der Waals surface area contributed by atoms with Crippen molar-refractivity contribution in [3.63, 3.8) is 0 Å². The Morgan fingerprint density at radius 3 is 2.36 bits per heavy atom. The third-order valence-electron chi connectivity index (χ3n) is 3.26. The number of nitrogens with two attached hydrogens (primary N) is 1. The lowest BCUT2D eigenvalue weighted by atomic mass is 10.2. The normalized spacial score (nSPS) is 10.2. The number of hydrogen-bond acceptors (Lipinski definition) is 4. The van der Waals surface area contributed by atoms with Crippen LogP contribution < -0.4 is 20.5 Å². The molecule has 3 N–H and O–H groups in total. The van der Waals surface area contributed by atoms with Gasteiger partial charge in [-0.15, -0.1) is 0 Å². The Balaban J connectivity index is 2.12. The summed E-state index contributed by atoms with van der Waals surface area (Å²) in [7, 11) is 1.49. The van der Waals surface area contributed by atoms with Crippen molar-refractivity contribution >= 4 is 49.4 Å². The van der Waals surface area contributed by atoms with Gasteiger partial charge in [0, 0.05) is 15.0 Å². The summed E-state index contributed by atoms with van der Waals surface area (Å²) in [6, 6.07) is 8.35. The highest BCUT2D eigenvalue weighted by Gasteiger charge is 2.14. The Bertz CT molecular complexity index is 801. The Hall–Kier alpha value is -2.06. The SMILES string of the molecule is COc1ccc(C(N)=O)c(OCC(=O)Nc2c(Br)cc(C)cc2Br)c1. The van der Waals surface area contributed by atoms with Gasteiger partial charge in [0.15, 0.2) is 6.61 Å². The second-order valence-corrected chi connectivity index (χ2v) is 6.88. The van der Waals surface area contributed by atoms with E-state index >= 15 is 0 Å². The van der Waals surface area contributed by atoms with E-state index in [0.29, 0.717) is 11.4 Å². The molecule has 2 amide bonds. The minimum Gasteiger partial charge on any atom is -0.497 e. The second-order valence-electron chi connectivity index (χ2n) is 5.17. The predicted octanol–water partition coefficient (Wildman–Crippen LogP) is 3.65. The Morgan fingerprint density at radius 2 is 1.80 bits per heavy atom. The minimum atomic E-state index is -0.651. The van der Waals surface area contributed by atoms with Gasteiger partial charge in [-0.1, -0.05) is 0 Å². The van der Waals surface area contributed by atoms with Crippen molar-refractivity contribution in [1.29, 1.82) is 0 Å². The highest BCUT2D eigenvalue weighted by Crippen LogP contribution is 2.32. The van der Waals surface area contributed by atoms with Gasteiger partial charge in [-0.25, -0.2) is 0 Å². The molecule has 8 heteroatoms. The molecule has 2 aromatic rings. The van der Waals surface area contributed by atoms with Crippen LogP contribution in [0.25, 0.3) is 0 Å². The van der Waals surface area contributed by atoms with E-state index in [1.165, 1.54) is 19.2 Å². The van der Waals surface area contributed by atoms with Gasteiger partial charge in [0.05, 0.1) is 18.4 Å². The van der Waals surface area contributed by atoms with Gasteiger partial charge < -0.3 is 20.5 Å². The molecule has 2 rings (SSSR count). The first kappa shape index (κ1) is 19.3. The van der Waals surface area contributed by atoms with Gasteiger partial charge in [-0.2, -0.15) is 0 Å². The van der Waals surface area contributed by atoms with E-state index in [-0.39, 0.29) is 23.8 Å². The quantitative estimate of drug-likeness (QED) is 0.672. The number of carbonyl (C=O) groups is 2. The van der Waals surface area contributed by atoms with Gasteiger partial charge in [0.2, 0.25) is 0 Å². The molecule has 0 radical (unpaired) electrons. The van der Waals surface area contributed by atoms with Crippen LogP contribution in [0, 0.1) is 6.92 Å². The fourth-order valence-corrected chi connectivity index (χ4v) is 3.70. The molecule has 0 bridgehead atoms. The lowest BCUT2D eigenvalue weighted by Gasteiger charge is -2.13. The Labute approximate surface area is 161 Å². The smallest absolute Gasteiger partial charge is 0.262 e. The maximum atomic E-state index is 12.2. The molecule has 2 aromatic carbocycles. The number of benzene rings is 2. The molecule has 0 saturated carbocycles. The van der Waals surface area contributed by atoms with E-state index in [0.717, 1.165) is 14.5 Å². The molecule has 0 heterocycles. The molecule has 0 saturated heterocycles. The highest BCUT2D eigenvalue weighted by molar-refractivity contribution is 9.11. The lowest BCUT2D eigenvalue weighted by molar-refractivity contribution is -0.118. The molecule has 25 heavy (non-hydrogen) atoms. The average molecular weight is 472 g/mol. The molecule has 0 atom stereocenters. The maximum Gasteiger partial charge on any atom is 0.262 e.